The van der Waals surface area contributed by atoms with Crippen LogP contribution in [-0.4, -0.2) is 27.3 Å². The van der Waals surface area contributed by atoms with Crippen LogP contribution in [0.3, 0.4) is 0 Å². The van der Waals surface area contributed by atoms with E-state index in [9.17, 15) is 10.1 Å². The van der Waals surface area contributed by atoms with Gasteiger partial charge in [0.1, 0.15) is 5.56 Å². The Morgan fingerprint density at radius 2 is 1.80 bits per heavy atom. The van der Waals surface area contributed by atoms with Crippen molar-refractivity contribution in [3.8, 4) is 23.0 Å². The highest BCUT2D eigenvalue weighted by Crippen LogP contribution is 2.38. The number of ether oxygens (including phenoxy) is 1. The van der Waals surface area contributed by atoms with Gasteiger partial charge in [0.05, 0.1) is 23.4 Å². The van der Waals surface area contributed by atoms with Gasteiger partial charge in [0.25, 0.3) is 0 Å². The van der Waals surface area contributed by atoms with Crippen LogP contribution in [0.4, 0.5) is 5.82 Å². The molecule has 30 heavy (non-hydrogen) atoms. The molecule has 0 saturated heterocycles. The van der Waals surface area contributed by atoms with Crippen LogP contribution >= 0.6 is 0 Å². The summed E-state index contributed by atoms with van der Waals surface area (Å²) < 4.78 is 7.02. The van der Waals surface area contributed by atoms with E-state index in [0.29, 0.717) is 16.9 Å². The second-order valence-electron chi connectivity index (χ2n) is 6.57. The van der Waals surface area contributed by atoms with Crippen molar-refractivity contribution in [2.24, 2.45) is 0 Å². The van der Waals surface area contributed by atoms with Gasteiger partial charge >= 0.3 is 5.97 Å². The molecule has 2 aromatic carbocycles. The third-order valence-electron chi connectivity index (χ3n) is 4.71. The number of para-hydroxylation sites is 1. The van der Waals surface area contributed by atoms with Crippen molar-refractivity contribution in [3.05, 3.63) is 71.9 Å². The number of fused-ring (bicyclic) bond motifs is 1. The molecular formula is C23H19N5O2. The SMILES string of the molecule is CCOC(=O)c1c(NC#N)nc2c(c(C)nn2-c2ccccc2)c1-c1ccccc1. The first-order valence-corrected chi connectivity index (χ1v) is 9.52. The summed E-state index contributed by atoms with van der Waals surface area (Å²) in [4.78, 5) is 17.5. The van der Waals surface area contributed by atoms with Crippen LogP contribution < -0.4 is 5.32 Å². The molecule has 4 aromatic rings. The van der Waals surface area contributed by atoms with Crippen molar-refractivity contribution in [2.75, 3.05) is 11.9 Å². The molecule has 0 amide bonds. The number of hydrogen-bond donors (Lipinski definition) is 1. The molecule has 0 saturated carbocycles. The van der Waals surface area contributed by atoms with Crippen LogP contribution in [0.2, 0.25) is 0 Å². The number of rotatable bonds is 5. The number of hydrogen-bond acceptors (Lipinski definition) is 6. The van der Waals surface area contributed by atoms with Crippen molar-refractivity contribution in [2.45, 2.75) is 13.8 Å². The molecule has 0 atom stereocenters. The lowest BCUT2D eigenvalue weighted by molar-refractivity contribution is 0.0528. The number of esters is 1. The fraction of sp³-hybridized carbons (Fsp3) is 0.130. The molecule has 0 radical (unpaired) electrons. The van der Waals surface area contributed by atoms with Crippen LogP contribution in [-0.2, 0) is 4.74 Å². The lowest BCUT2D eigenvalue weighted by Gasteiger charge is -2.15. The molecule has 4 rings (SSSR count). The van der Waals surface area contributed by atoms with Crippen molar-refractivity contribution in [1.82, 2.24) is 14.8 Å². The molecular weight excluding hydrogens is 378 g/mol. The van der Waals surface area contributed by atoms with E-state index in [1.807, 2.05) is 73.8 Å². The van der Waals surface area contributed by atoms with Gasteiger partial charge in [-0.3, -0.25) is 5.32 Å². The Morgan fingerprint density at radius 3 is 2.43 bits per heavy atom. The molecule has 0 aliphatic heterocycles. The quantitative estimate of drug-likeness (QED) is 0.303. The molecule has 0 aliphatic rings. The van der Waals surface area contributed by atoms with Crippen LogP contribution in [0.5, 0.6) is 0 Å². The third-order valence-corrected chi connectivity index (χ3v) is 4.71. The highest BCUT2D eigenvalue weighted by atomic mass is 16.5. The maximum atomic E-state index is 12.9. The number of carbonyl (C=O) groups is 1. The van der Waals surface area contributed by atoms with Gasteiger partial charge in [0.15, 0.2) is 17.7 Å². The average Bonchev–Trinajstić information content (AvgIpc) is 3.10. The molecule has 2 aromatic heterocycles. The van der Waals surface area contributed by atoms with Crippen molar-refractivity contribution in [1.29, 1.82) is 5.26 Å². The molecule has 2 heterocycles. The summed E-state index contributed by atoms with van der Waals surface area (Å²) in [6, 6.07) is 19.1. The number of pyridine rings is 1. The van der Waals surface area contributed by atoms with E-state index in [-0.39, 0.29) is 18.0 Å². The minimum atomic E-state index is -0.546. The van der Waals surface area contributed by atoms with Gasteiger partial charge in [-0.15, -0.1) is 0 Å². The Hall–Kier alpha value is -4.18. The minimum Gasteiger partial charge on any atom is -0.462 e. The highest BCUT2D eigenvalue weighted by molar-refractivity contribution is 6.11. The van der Waals surface area contributed by atoms with E-state index >= 15 is 0 Å². The Balaban J connectivity index is 2.15. The predicted molar refractivity (Wildman–Crippen MR) is 114 cm³/mol. The third kappa shape index (κ3) is 3.25. The summed E-state index contributed by atoms with van der Waals surface area (Å²) in [7, 11) is 0. The van der Waals surface area contributed by atoms with Gasteiger partial charge in [-0.2, -0.15) is 10.4 Å². The van der Waals surface area contributed by atoms with Crippen LogP contribution in [0.15, 0.2) is 60.7 Å². The topological polar surface area (TPSA) is 92.8 Å². The van der Waals surface area contributed by atoms with Crippen molar-refractivity contribution >= 4 is 22.8 Å². The Labute approximate surface area is 173 Å². The average molecular weight is 397 g/mol. The Kier molecular flexibility index (Phi) is 5.14. The number of nitrogens with one attached hydrogen (secondary N) is 1. The molecule has 148 valence electrons. The zero-order valence-corrected chi connectivity index (χ0v) is 16.6. The largest absolute Gasteiger partial charge is 0.462 e. The minimum absolute atomic E-state index is 0.138. The molecule has 1 N–H and O–H groups in total. The van der Waals surface area contributed by atoms with E-state index in [4.69, 9.17) is 4.74 Å². The first-order valence-electron chi connectivity index (χ1n) is 9.52. The molecule has 7 heteroatoms. The summed E-state index contributed by atoms with van der Waals surface area (Å²) in [5.41, 5.74) is 3.75. The Morgan fingerprint density at radius 1 is 1.13 bits per heavy atom. The van der Waals surface area contributed by atoms with Gasteiger partial charge in [-0.1, -0.05) is 48.5 Å². The zero-order valence-electron chi connectivity index (χ0n) is 16.6. The van der Waals surface area contributed by atoms with Gasteiger partial charge in [-0.05, 0) is 31.5 Å². The smallest absolute Gasteiger partial charge is 0.342 e. The number of anilines is 1. The fourth-order valence-corrected chi connectivity index (χ4v) is 3.50. The Bertz CT molecular complexity index is 1260. The molecule has 0 aliphatic carbocycles. The first kappa shape index (κ1) is 19.2. The second-order valence-corrected chi connectivity index (χ2v) is 6.57. The van der Waals surface area contributed by atoms with E-state index in [1.54, 1.807) is 11.6 Å². The summed E-state index contributed by atoms with van der Waals surface area (Å²) in [5, 5.41) is 17.3. The van der Waals surface area contributed by atoms with Gasteiger partial charge in [0.2, 0.25) is 0 Å². The normalized spacial score (nSPS) is 10.6. The molecule has 0 fully saturated rings. The van der Waals surface area contributed by atoms with E-state index in [2.05, 4.69) is 15.4 Å². The summed E-state index contributed by atoms with van der Waals surface area (Å²) in [5.74, 6) is -0.408. The van der Waals surface area contributed by atoms with Crippen LogP contribution in [0, 0.1) is 18.4 Å². The highest BCUT2D eigenvalue weighted by Gasteiger charge is 2.27. The van der Waals surface area contributed by atoms with Gasteiger partial charge < -0.3 is 4.74 Å². The number of benzene rings is 2. The molecule has 0 bridgehead atoms. The van der Waals surface area contributed by atoms with Crippen LogP contribution in [0.1, 0.15) is 23.0 Å². The summed E-state index contributed by atoms with van der Waals surface area (Å²) in [6.45, 7) is 3.82. The monoisotopic (exact) mass is 397 g/mol. The van der Waals surface area contributed by atoms with E-state index in [1.165, 1.54) is 0 Å². The standard InChI is InChI=1S/C23H19N5O2/c1-3-30-23(29)20-19(16-10-6-4-7-11-16)18-15(2)27-28(17-12-8-5-9-13-17)22(18)26-21(20)25-14-24/h4-13H,3H2,1-2H3,(H,25,26). The zero-order chi connectivity index (χ0) is 21.1. The number of nitriles is 1. The van der Waals surface area contributed by atoms with Gasteiger partial charge in [0, 0.05) is 5.56 Å². The predicted octanol–water partition coefficient (Wildman–Crippen LogP) is 4.47. The van der Waals surface area contributed by atoms with E-state index in [0.717, 1.165) is 16.6 Å². The maximum absolute atomic E-state index is 12.9. The van der Waals surface area contributed by atoms with Crippen molar-refractivity contribution in [3.63, 3.8) is 0 Å². The molecule has 7 nitrogen and oxygen atoms in total. The van der Waals surface area contributed by atoms with Crippen LogP contribution in [0.25, 0.3) is 27.8 Å². The molecule has 0 unspecified atom stereocenters. The number of aryl methyl sites for hydroxylation is 1. The van der Waals surface area contributed by atoms with Crippen molar-refractivity contribution < 1.29 is 9.53 Å². The number of aromatic nitrogens is 3. The molecule has 0 spiro atoms. The van der Waals surface area contributed by atoms with Gasteiger partial charge in [-0.25, -0.2) is 14.5 Å². The fourth-order valence-electron chi connectivity index (χ4n) is 3.50. The second kappa shape index (κ2) is 8.05. The summed E-state index contributed by atoms with van der Waals surface area (Å²) >= 11 is 0. The lowest BCUT2D eigenvalue weighted by Crippen LogP contribution is -2.12. The first-order chi connectivity index (χ1) is 14.7. The maximum Gasteiger partial charge on any atom is 0.342 e. The lowest BCUT2D eigenvalue weighted by atomic mass is 9.96. The number of carbonyl (C=O) groups excluding carboxylic acids is 1. The summed E-state index contributed by atoms with van der Waals surface area (Å²) in [6.07, 6.45) is 1.88. The number of nitrogens with zero attached hydrogens (tertiary/aromatic N) is 4. The van der Waals surface area contributed by atoms with E-state index < -0.39 is 5.97 Å².